The first-order valence-electron chi connectivity index (χ1n) is 7.06. The van der Waals surface area contributed by atoms with Crippen molar-refractivity contribution < 1.29 is 14.5 Å². The van der Waals surface area contributed by atoms with Gasteiger partial charge in [-0.1, -0.05) is 29.8 Å². The van der Waals surface area contributed by atoms with E-state index in [2.05, 4.69) is 15.8 Å². The molecule has 0 fully saturated rings. The second-order valence-corrected chi connectivity index (χ2v) is 5.24. The standard InChI is InChI=1S/C16H13ClN4O4/c17-13-6-3-5-11(8-13)16(23)18-10-15(22)20-19-9-12-4-1-2-7-14(12)21(24)25/h1-9H,10H2,(H,18,23)(H,20,22). The molecule has 0 unspecified atom stereocenters. The first kappa shape index (κ1) is 18.1. The number of carbonyl (C=O) groups is 2. The van der Waals surface area contributed by atoms with Crippen molar-refractivity contribution in [2.45, 2.75) is 0 Å². The summed E-state index contributed by atoms with van der Waals surface area (Å²) in [5.74, 6) is -1.04. The number of hydrazone groups is 1. The molecular formula is C16H13ClN4O4. The molecule has 0 aliphatic rings. The lowest BCUT2D eigenvalue weighted by Crippen LogP contribution is -2.34. The predicted molar refractivity (Wildman–Crippen MR) is 92.6 cm³/mol. The van der Waals surface area contributed by atoms with Crippen LogP contribution in [0.5, 0.6) is 0 Å². The van der Waals surface area contributed by atoms with Gasteiger partial charge in [-0.25, -0.2) is 5.43 Å². The average Bonchev–Trinajstić information content (AvgIpc) is 2.60. The number of nitro groups is 1. The molecule has 0 heterocycles. The van der Waals surface area contributed by atoms with Gasteiger partial charge in [0.2, 0.25) is 0 Å². The third-order valence-electron chi connectivity index (χ3n) is 3.02. The molecule has 0 atom stereocenters. The molecule has 2 amide bonds. The first-order valence-corrected chi connectivity index (χ1v) is 7.44. The Morgan fingerprint density at radius 3 is 2.68 bits per heavy atom. The van der Waals surface area contributed by atoms with E-state index in [0.29, 0.717) is 10.6 Å². The fourth-order valence-electron chi connectivity index (χ4n) is 1.87. The Hall–Kier alpha value is -3.26. The maximum Gasteiger partial charge on any atom is 0.278 e. The van der Waals surface area contributed by atoms with Gasteiger partial charge >= 0.3 is 0 Å². The van der Waals surface area contributed by atoms with Crippen LogP contribution in [-0.2, 0) is 4.79 Å². The van der Waals surface area contributed by atoms with E-state index in [1.54, 1.807) is 24.3 Å². The number of nitrogens with one attached hydrogen (secondary N) is 2. The zero-order valence-corrected chi connectivity index (χ0v) is 13.6. The summed E-state index contributed by atoms with van der Waals surface area (Å²) in [4.78, 5) is 33.8. The summed E-state index contributed by atoms with van der Waals surface area (Å²) in [6, 6.07) is 12.2. The van der Waals surface area contributed by atoms with E-state index in [4.69, 9.17) is 11.6 Å². The van der Waals surface area contributed by atoms with Crippen LogP contribution in [0.2, 0.25) is 5.02 Å². The third-order valence-corrected chi connectivity index (χ3v) is 3.26. The quantitative estimate of drug-likeness (QED) is 0.466. The maximum atomic E-state index is 11.9. The summed E-state index contributed by atoms with van der Waals surface area (Å²) in [5, 5.41) is 17.3. The summed E-state index contributed by atoms with van der Waals surface area (Å²) in [5.41, 5.74) is 2.62. The summed E-state index contributed by atoms with van der Waals surface area (Å²) < 4.78 is 0. The van der Waals surface area contributed by atoms with Crippen LogP contribution < -0.4 is 10.7 Å². The number of benzene rings is 2. The van der Waals surface area contributed by atoms with Gasteiger partial charge in [-0.3, -0.25) is 19.7 Å². The summed E-state index contributed by atoms with van der Waals surface area (Å²) in [6.45, 7) is -0.306. The first-order chi connectivity index (χ1) is 12.0. The highest BCUT2D eigenvalue weighted by Gasteiger charge is 2.10. The van der Waals surface area contributed by atoms with E-state index in [0.717, 1.165) is 6.21 Å². The number of para-hydroxylation sites is 1. The molecule has 9 heteroatoms. The minimum atomic E-state index is -0.579. The fourth-order valence-corrected chi connectivity index (χ4v) is 2.06. The number of hydrogen-bond acceptors (Lipinski definition) is 5. The Bertz CT molecular complexity index is 838. The number of nitro benzene ring substituents is 1. The zero-order valence-electron chi connectivity index (χ0n) is 12.8. The minimum Gasteiger partial charge on any atom is -0.343 e. The van der Waals surface area contributed by atoms with E-state index >= 15 is 0 Å². The molecule has 2 rings (SSSR count). The lowest BCUT2D eigenvalue weighted by molar-refractivity contribution is -0.385. The smallest absolute Gasteiger partial charge is 0.278 e. The van der Waals surface area contributed by atoms with Crippen LogP contribution in [0.15, 0.2) is 53.6 Å². The van der Waals surface area contributed by atoms with Gasteiger partial charge in [0.05, 0.1) is 23.2 Å². The highest BCUT2D eigenvalue weighted by Crippen LogP contribution is 2.15. The van der Waals surface area contributed by atoms with Gasteiger partial charge in [-0.15, -0.1) is 0 Å². The number of nitrogens with zero attached hydrogens (tertiary/aromatic N) is 2. The van der Waals surface area contributed by atoms with Crippen LogP contribution >= 0.6 is 11.6 Å². The fraction of sp³-hybridized carbons (Fsp3) is 0.0625. The molecule has 0 bridgehead atoms. The van der Waals surface area contributed by atoms with Crippen molar-refractivity contribution in [3.63, 3.8) is 0 Å². The summed E-state index contributed by atoms with van der Waals surface area (Å²) in [7, 11) is 0. The van der Waals surface area contributed by atoms with Gasteiger partial charge in [-0.05, 0) is 24.3 Å². The van der Waals surface area contributed by atoms with Crippen molar-refractivity contribution in [2.75, 3.05) is 6.54 Å². The van der Waals surface area contributed by atoms with Crippen molar-refractivity contribution in [3.05, 3.63) is 74.8 Å². The maximum absolute atomic E-state index is 11.9. The molecule has 2 aromatic carbocycles. The van der Waals surface area contributed by atoms with Gasteiger partial charge in [-0.2, -0.15) is 5.10 Å². The summed E-state index contributed by atoms with van der Waals surface area (Å²) >= 11 is 5.79. The van der Waals surface area contributed by atoms with Crippen LogP contribution in [0.25, 0.3) is 0 Å². The zero-order chi connectivity index (χ0) is 18.2. The molecule has 128 valence electrons. The number of rotatable bonds is 6. The van der Waals surface area contributed by atoms with Crippen LogP contribution in [0.3, 0.4) is 0 Å². The van der Waals surface area contributed by atoms with Gasteiger partial charge in [0.1, 0.15) is 0 Å². The van der Waals surface area contributed by atoms with E-state index in [1.807, 2.05) is 0 Å². The van der Waals surface area contributed by atoms with Crippen LogP contribution in [0.4, 0.5) is 5.69 Å². The average molecular weight is 361 g/mol. The second kappa shape index (κ2) is 8.55. The molecule has 0 aliphatic carbocycles. The van der Waals surface area contributed by atoms with E-state index in [1.165, 1.54) is 24.3 Å². The largest absolute Gasteiger partial charge is 0.343 e. The lowest BCUT2D eigenvalue weighted by Gasteiger charge is -2.04. The van der Waals surface area contributed by atoms with Crippen molar-refractivity contribution in [2.24, 2.45) is 5.10 Å². The summed E-state index contributed by atoms with van der Waals surface area (Å²) in [6.07, 6.45) is 1.16. The Morgan fingerprint density at radius 1 is 1.20 bits per heavy atom. The van der Waals surface area contributed by atoms with E-state index in [-0.39, 0.29) is 17.8 Å². The molecule has 2 N–H and O–H groups in total. The van der Waals surface area contributed by atoms with Crippen LogP contribution in [0, 0.1) is 10.1 Å². The Morgan fingerprint density at radius 2 is 1.96 bits per heavy atom. The van der Waals surface area contributed by atoms with E-state index < -0.39 is 16.7 Å². The van der Waals surface area contributed by atoms with E-state index in [9.17, 15) is 19.7 Å². The number of amides is 2. The van der Waals surface area contributed by atoms with Gasteiger partial charge < -0.3 is 5.32 Å². The molecule has 0 aliphatic heterocycles. The molecule has 0 aromatic heterocycles. The lowest BCUT2D eigenvalue weighted by atomic mass is 10.2. The topological polar surface area (TPSA) is 114 Å². The van der Waals surface area contributed by atoms with Crippen LogP contribution in [0.1, 0.15) is 15.9 Å². The SMILES string of the molecule is O=C(CNC(=O)c1cccc(Cl)c1)NN=Cc1ccccc1[N+](=O)[O-]. The Labute approximate surface area is 147 Å². The molecule has 0 saturated carbocycles. The van der Waals surface area contributed by atoms with Crippen molar-refractivity contribution >= 4 is 35.3 Å². The molecule has 25 heavy (non-hydrogen) atoms. The Balaban J connectivity index is 1.87. The number of halogens is 1. The van der Waals surface area contributed by atoms with Crippen molar-refractivity contribution in [1.82, 2.24) is 10.7 Å². The second-order valence-electron chi connectivity index (χ2n) is 4.80. The van der Waals surface area contributed by atoms with Gasteiger partial charge in [0.25, 0.3) is 17.5 Å². The molecule has 0 spiro atoms. The molecule has 2 aromatic rings. The molecule has 0 radical (unpaired) electrons. The molecule has 8 nitrogen and oxygen atoms in total. The third kappa shape index (κ3) is 5.40. The molecular weight excluding hydrogens is 348 g/mol. The Kier molecular flexibility index (Phi) is 6.19. The normalized spacial score (nSPS) is 10.4. The van der Waals surface area contributed by atoms with Gasteiger partial charge in [0.15, 0.2) is 0 Å². The highest BCUT2D eigenvalue weighted by atomic mass is 35.5. The predicted octanol–water partition coefficient (Wildman–Crippen LogP) is 2.13. The van der Waals surface area contributed by atoms with Crippen molar-refractivity contribution in [1.29, 1.82) is 0 Å². The highest BCUT2D eigenvalue weighted by molar-refractivity contribution is 6.30. The number of carbonyl (C=O) groups excluding carboxylic acids is 2. The van der Waals surface area contributed by atoms with Crippen molar-refractivity contribution in [3.8, 4) is 0 Å². The monoisotopic (exact) mass is 360 g/mol. The number of hydrogen-bond donors (Lipinski definition) is 2. The minimum absolute atomic E-state index is 0.130. The van der Waals surface area contributed by atoms with Crippen LogP contribution in [-0.4, -0.2) is 29.5 Å². The molecule has 0 saturated heterocycles. The van der Waals surface area contributed by atoms with Gasteiger partial charge in [0, 0.05) is 16.7 Å².